The lowest BCUT2D eigenvalue weighted by molar-refractivity contribution is 0.111. The van der Waals surface area contributed by atoms with E-state index in [1.54, 1.807) is 0 Å². The molecule has 0 unspecified atom stereocenters. The fourth-order valence-corrected chi connectivity index (χ4v) is 1.89. The quantitative estimate of drug-likeness (QED) is 0.676. The average Bonchev–Trinajstić information content (AvgIpc) is 2.64. The predicted octanol–water partition coefficient (Wildman–Crippen LogP) is 2.40. The lowest BCUT2D eigenvalue weighted by Crippen LogP contribution is -2.10. The molecule has 4 heteroatoms. The number of carbonyl (C=O) groups excluding carboxylic acids is 1. The first kappa shape index (κ1) is 11.9. The van der Waals surface area contributed by atoms with Crippen LogP contribution in [0.15, 0.2) is 0 Å². The van der Waals surface area contributed by atoms with Gasteiger partial charge in [0.1, 0.15) is 5.69 Å². The molecule has 0 amide bonds. The number of hydrogen-bond acceptors (Lipinski definition) is 3. The highest BCUT2D eigenvalue weighted by atomic mass is 16.1. The maximum atomic E-state index is 10.9. The Labute approximate surface area is 90.7 Å². The van der Waals surface area contributed by atoms with Crippen LogP contribution in [0.5, 0.6) is 0 Å². The van der Waals surface area contributed by atoms with Gasteiger partial charge in [0.2, 0.25) is 0 Å². The van der Waals surface area contributed by atoms with Crippen LogP contribution in [-0.2, 0) is 6.54 Å². The molecule has 0 fully saturated rings. The van der Waals surface area contributed by atoms with Crippen LogP contribution in [0, 0.1) is 0 Å². The van der Waals surface area contributed by atoms with Crippen LogP contribution in [0.3, 0.4) is 0 Å². The number of rotatable bonds is 6. The van der Waals surface area contributed by atoms with Crippen LogP contribution in [0.1, 0.15) is 62.1 Å². The molecule has 0 spiro atoms. The molecule has 1 aromatic rings. The van der Waals surface area contributed by atoms with E-state index in [0.29, 0.717) is 11.6 Å². The molecule has 0 radical (unpaired) electrons. The molecule has 0 bridgehead atoms. The van der Waals surface area contributed by atoms with Gasteiger partial charge in [0.15, 0.2) is 6.29 Å². The van der Waals surface area contributed by atoms with E-state index in [9.17, 15) is 4.79 Å². The molecular formula is C11H19N3O. The van der Waals surface area contributed by atoms with Crippen molar-refractivity contribution >= 4 is 6.29 Å². The molecule has 1 heterocycles. The molecule has 0 saturated carbocycles. The molecule has 0 aliphatic rings. The van der Waals surface area contributed by atoms with Crippen molar-refractivity contribution in [3.63, 3.8) is 0 Å². The SMILES string of the molecule is CCCn1nnc(C=O)c1C(CC)CC. The highest BCUT2D eigenvalue weighted by molar-refractivity contribution is 5.73. The van der Waals surface area contributed by atoms with Crippen molar-refractivity contribution in [2.75, 3.05) is 0 Å². The van der Waals surface area contributed by atoms with Crippen molar-refractivity contribution in [3.05, 3.63) is 11.4 Å². The first-order valence-corrected chi connectivity index (χ1v) is 5.66. The third-order valence-corrected chi connectivity index (χ3v) is 2.72. The predicted molar refractivity (Wildman–Crippen MR) is 59.0 cm³/mol. The van der Waals surface area contributed by atoms with Gasteiger partial charge in [0, 0.05) is 12.5 Å². The van der Waals surface area contributed by atoms with E-state index in [2.05, 4.69) is 31.1 Å². The van der Waals surface area contributed by atoms with E-state index in [1.807, 2.05) is 4.68 Å². The Bertz CT molecular complexity index is 316. The third-order valence-electron chi connectivity index (χ3n) is 2.72. The molecule has 0 saturated heterocycles. The summed E-state index contributed by atoms with van der Waals surface area (Å²) in [5.74, 6) is 0.395. The van der Waals surface area contributed by atoms with Gasteiger partial charge in [0.05, 0.1) is 5.69 Å². The number of carbonyl (C=O) groups is 1. The summed E-state index contributed by atoms with van der Waals surface area (Å²) in [6.07, 6.45) is 3.87. The van der Waals surface area contributed by atoms with Crippen molar-refractivity contribution < 1.29 is 4.79 Å². The summed E-state index contributed by atoms with van der Waals surface area (Å²) in [7, 11) is 0. The lowest BCUT2D eigenvalue weighted by atomic mass is 9.97. The molecule has 0 aliphatic carbocycles. The van der Waals surface area contributed by atoms with E-state index in [1.165, 1.54) is 0 Å². The fraction of sp³-hybridized carbons (Fsp3) is 0.727. The van der Waals surface area contributed by atoms with Crippen LogP contribution in [-0.4, -0.2) is 21.3 Å². The van der Waals surface area contributed by atoms with Crippen molar-refractivity contribution in [1.29, 1.82) is 0 Å². The standard InChI is InChI=1S/C11H19N3O/c1-4-7-14-11(9(5-2)6-3)10(8-15)12-13-14/h8-9H,4-7H2,1-3H3. The minimum absolute atomic E-state index is 0.395. The zero-order valence-electron chi connectivity index (χ0n) is 9.73. The third kappa shape index (κ3) is 2.43. The fourth-order valence-electron chi connectivity index (χ4n) is 1.89. The molecule has 4 nitrogen and oxygen atoms in total. The molecule has 1 rings (SSSR count). The van der Waals surface area contributed by atoms with Crippen LogP contribution >= 0.6 is 0 Å². The topological polar surface area (TPSA) is 47.8 Å². The number of nitrogens with zero attached hydrogens (tertiary/aromatic N) is 3. The highest BCUT2D eigenvalue weighted by Crippen LogP contribution is 2.24. The Hall–Kier alpha value is -1.19. The summed E-state index contributed by atoms with van der Waals surface area (Å²) in [4.78, 5) is 10.9. The van der Waals surface area contributed by atoms with Gasteiger partial charge in [-0.15, -0.1) is 5.10 Å². The van der Waals surface area contributed by atoms with Gasteiger partial charge in [-0.05, 0) is 19.3 Å². The highest BCUT2D eigenvalue weighted by Gasteiger charge is 2.19. The molecule has 0 N–H and O–H groups in total. The number of hydrogen-bond donors (Lipinski definition) is 0. The molecular weight excluding hydrogens is 190 g/mol. The van der Waals surface area contributed by atoms with Gasteiger partial charge < -0.3 is 0 Å². The summed E-state index contributed by atoms with van der Waals surface area (Å²) in [6, 6.07) is 0. The van der Waals surface area contributed by atoms with E-state index in [4.69, 9.17) is 0 Å². The van der Waals surface area contributed by atoms with Crippen molar-refractivity contribution in [2.45, 2.75) is 52.5 Å². The van der Waals surface area contributed by atoms with Gasteiger partial charge in [-0.3, -0.25) is 4.79 Å². The van der Waals surface area contributed by atoms with Gasteiger partial charge in [0.25, 0.3) is 0 Å². The minimum atomic E-state index is 0.395. The van der Waals surface area contributed by atoms with Crippen LogP contribution in [0.4, 0.5) is 0 Å². The molecule has 0 atom stereocenters. The maximum Gasteiger partial charge on any atom is 0.172 e. The van der Waals surface area contributed by atoms with Crippen LogP contribution in [0.2, 0.25) is 0 Å². The van der Waals surface area contributed by atoms with E-state index in [-0.39, 0.29) is 0 Å². The number of aryl methyl sites for hydroxylation is 1. The second kappa shape index (κ2) is 5.63. The Morgan fingerprint density at radius 1 is 1.33 bits per heavy atom. The molecule has 15 heavy (non-hydrogen) atoms. The van der Waals surface area contributed by atoms with Gasteiger partial charge in [-0.2, -0.15) is 0 Å². The van der Waals surface area contributed by atoms with Gasteiger partial charge in [-0.25, -0.2) is 4.68 Å². The zero-order valence-corrected chi connectivity index (χ0v) is 9.73. The Kier molecular flexibility index (Phi) is 4.46. The maximum absolute atomic E-state index is 10.9. The number of aromatic nitrogens is 3. The van der Waals surface area contributed by atoms with Crippen molar-refractivity contribution in [2.24, 2.45) is 0 Å². The summed E-state index contributed by atoms with van der Waals surface area (Å²) >= 11 is 0. The average molecular weight is 209 g/mol. The second-order valence-electron chi connectivity index (χ2n) is 3.71. The van der Waals surface area contributed by atoms with Crippen molar-refractivity contribution in [1.82, 2.24) is 15.0 Å². The summed E-state index contributed by atoms with van der Waals surface area (Å²) in [5, 5.41) is 7.94. The van der Waals surface area contributed by atoms with Crippen LogP contribution in [0.25, 0.3) is 0 Å². The second-order valence-corrected chi connectivity index (χ2v) is 3.71. The largest absolute Gasteiger partial charge is 0.296 e. The summed E-state index contributed by atoms with van der Waals surface area (Å²) in [6.45, 7) is 7.20. The van der Waals surface area contributed by atoms with Crippen molar-refractivity contribution in [3.8, 4) is 0 Å². The first-order valence-electron chi connectivity index (χ1n) is 5.66. The van der Waals surface area contributed by atoms with E-state index in [0.717, 1.165) is 37.8 Å². The number of aldehydes is 1. The van der Waals surface area contributed by atoms with Gasteiger partial charge in [-0.1, -0.05) is 26.0 Å². The zero-order chi connectivity index (χ0) is 11.3. The monoisotopic (exact) mass is 209 g/mol. The van der Waals surface area contributed by atoms with E-state index >= 15 is 0 Å². The molecule has 1 aromatic heterocycles. The molecule has 84 valence electrons. The lowest BCUT2D eigenvalue weighted by Gasteiger charge is -2.14. The Balaban J connectivity index is 3.08. The smallest absolute Gasteiger partial charge is 0.172 e. The van der Waals surface area contributed by atoms with Gasteiger partial charge >= 0.3 is 0 Å². The Morgan fingerprint density at radius 3 is 2.47 bits per heavy atom. The first-order chi connectivity index (χ1) is 7.28. The summed E-state index contributed by atoms with van der Waals surface area (Å²) < 4.78 is 1.88. The minimum Gasteiger partial charge on any atom is -0.296 e. The molecule has 0 aromatic carbocycles. The van der Waals surface area contributed by atoms with Crippen LogP contribution < -0.4 is 0 Å². The summed E-state index contributed by atoms with van der Waals surface area (Å²) in [5.41, 5.74) is 1.52. The normalized spacial score (nSPS) is 10.9. The Morgan fingerprint density at radius 2 is 2.00 bits per heavy atom. The van der Waals surface area contributed by atoms with E-state index < -0.39 is 0 Å². The molecule has 0 aliphatic heterocycles.